The summed E-state index contributed by atoms with van der Waals surface area (Å²) in [5.74, 6) is -1.21. The average Bonchev–Trinajstić information content (AvgIpc) is 2.56. The number of alkyl halides is 4. The summed E-state index contributed by atoms with van der Waals surface area (Å²) in [6.07, 6.45) is -8.04. The van der Waals surface area contributed by atoms with Gasteiger partial charge in [0, 0.05) is 11.5 Å². The van der Waals surface area contributed by atoms with Crippen LogP contribution in [0.15, 0.2) is 54.6 Å². The van der Waals surface area contributed by atoms with Gasteiger partial charge in [-0.15, -0.1) is 0 Å². The topological polar surface area (TPSA) is 26.3 Å². The fraction of sp³-hybridized carbons (Fsp3) is 0.278. The minimum absolute atomic E-state index is 0.133. The number of halogens is 4. The van der Waals surface area contributed by atoms with Crippen molar-refractivity contribution in [3.05, 3.63) is 65.7 Å². The highest BCUT2D eigenvalue weighted by Gasteiger charge is 2.44. The monoisotopic (exact) mass is 340 g/mol. The lowest BCUT2D eigenvalue weighted by atomic mass is 9.88. The van der Waals surface area contributed by atoms with Crippen LogP contribution in [0, 0.1) is 0 Å². The smallest absolute Gasteiger partial charge is 0.428 e. The van der Waals surface area contributed by atoms with Crippen molar-refractivity contribution in [3.63, 3.8) is 0 Å². The van der Waals surface area contributed by atoms with E-state index < -0.39 is 24.2 Å². The number of rotatable bonds is 7. The molecule has 0 spiro atoms. The van der Waals surface area contributed by atoms with E-state index in [4.69, 9.17) is 0 Å². The number of Topliss-reactive ketones (excluding diaryl/α,β-unsaturated/α-hetero) is 1. The highest BCUT2D eigenvalue weighted by Crippen LogP contribution is 2.30. The maximum absolute atomic E-state index is 13.0. The van der Waals surface area contributed by atoms with Crippen molar-refractivity contribution in [3.8, 4) is 5.75 Å². The van der Waals surface area contributed by atoms with Gasteiger partial charge in [-0.2, -0.15) is 17.6 Å². The van der Waals surface area contributed by atoms with Crippen LogP contribution in [-0.4, -0.2) is 18.3 Å². The summed E-state index contributed by atoms with van der Waals surface area (Å²) in [4.78, 5) is 12.6. The van der Waals surface area contributed by atoms with Crippen molar-refractivity contribution in [2.75, 3.05) is 0 Å². The summed E-state index contributed by atoms with van der Waals surface area (Å²) in [6.45, 7) is 1.83. The zero-order valence-corrected chi connectivity index (χ0v) is 12.9. The van der Waals surface area contributed by atoms with Crippen LogP contribution in [0.2, 0.25) is 0 Å². The molecule has 0 aliphatic carbocycles. The predicted octanol–water partition coefficient (Wildman–Crippen LogP) is 5.30. The van der Waals surface area contributed by atoms with Crippen LogP contribution >= 0.6 is 0 Å². The van der Waals surface area contributed by atoms with Crippen LogP contribution in [0.25, 0.3) is 0 Å². The van der Waals surface area contributed by atoms with Gasteiger partial charge in [-0.05, 0) is 24.1 Å². The standard InChI is InChI=1S/C18H16F4O2/c1-2-15(12-7-4-3-5-8-12)16(23)13-9-6-10-14(11-13)24-18(21,22)17(19)20/h3-11,15,17H,2H2,1H3. The molecule has 0 heterocycles. The van der Waals surface area contributed by atoms with Gasteiger partial charge in [-0.3, -0.25) is 4.79 Å². The Morgan fingerprint density at radius 2 is 1.75 bits per heavy atom. The van der Waals surface area contributed by atoms with Gasteiger partial charge in [0.05, 0.1) is 0 Å². The summed E-state index contributed by atoms with van der Waals surface area (Å²) in [6, 6.07) is 14.0. The molecule has 2 aromatic rings. The number of carbonyl (C=O) groups is 1. The van der Waals surface area contributed by atoms with Crippen molar-refractivity contribution in [1.29, 1.82) is 0 Å². The number of benzene rings is 2. The fourth-order valence-corrected chi connectivity index (χ4v) is 2.37. The molecule has 0 N–H and O–H groups in total. The lowest BCUT2D eigenvalue weighted by molar-refractivity contribution is -0.253. The number of ketones is 1. The molecule has 1 unspecified atom stereocenters. The number of carbonyl (C=O) groups excluding carboxylic acids is 1. The molecule has 0 amide bonds. The van der Waals surface area contributed by atoms with E-state index in [1.54, 1.807) is 24.3 Å². The highest BCUT2D eigenvalue weighted by molar-refractivity contribution is 6.01. The van der Waals surface area contributed by atoms with E-state index in [1.165, 1.54) is 12.1 Å². The molecule has 0 aliphatic heterocycles. The van der Waals surface area contributed by atoms with Gasteiger partial charge in [-0.1, -0.05) is 49.4 Å². The van der Waals surface area contributed by atoms with E-state index in [-0.39, 0.29) is 11.3 Å². The van der Waals surface area contributed by atoms with Crippen LogP contribution in [-0.2, 0) is 0 Å². The lowest BCUT2D eigenvalue weighted by Gasteiger charge is -2.18. The Morgan fingerprint density at radius 3 is 2.33 bits per heavy atom. The molecular formula is C18H16F4O2. The van der Waals surface area contributed by atoms with Gasteiger partial charge >= 0.3 is 12.5 Å². The third kappa shape index (κ3) is 4.13. The average molecular weight is 340 g/mol. The van der Waals surface area contributed by atoms with Gasteiger partial charge in [0.2, 0.25) is 0 Å². The SMILES string of the molecule is CCC(C(=O)c1cccc(OC(F)(F)C(F)F)c1)c1ccccc1. The first-order chi connectivity index (χ1) is 11.3. The summed E-state index contributed by atoms with van der Waals surface area (Å²) < 4.78 is 54.5. The number of hydrogen-bond donors (Lipinski definition) is 0. The zero-order chi connectivity index (χ0) is 17.7. The Hall–Kier alpha value is -2.37. The molecule has 2 rings (SSSR count). The normalized spacial score (nSPS) is 12.9. The Labute approximate surface area is 137 Å². The third-order valence-electron chi connectivity index (χ3n) is 3.55. The van der Waals surface area contributed by atoms with E-state index in [9.17, 15) is 22.4 Å². The summed E-state index contributed by atoms with van der Waals surface area (Å²) >= 11 is 0. The zero-order valence-electron chi connectivity index (χ0n) is 12.9. The van der Waals surface area contributed by atoms with E-state index in [1.807, 2.05) is 13.0 Å². The Kier molecular flexibility index (Phi) is 5.59. The molecule has 24 heavy (non-hydrogen) atoms. The second-order valence-electron chi connectivity index (χ2n) is 5.23. The molecule has 0 aliphatic rings. The quantitative estimate of drug-likeness (QED) is 0.505. The molecule has 6 heteroatoms. The third-order valence-corrected chi connectivity index (χ3v) is 3.55. The first-order valence-corrected chi connectivity index (χ1v) is 7.39. The van der Waals surface area contributed by atoms with Crippen molar-refractivity contribution in [2.24, 2.45) is 0 Å². The molecule has 0 radical (unpaired) electrons. The van der Waals surface area contributed by atoms with Crippen LogP contribution in [0.5, 0.6) is 5.75 Å². The Morgan fingerprint density at radius 1 is 1.08 bits per heavy atom. The van der Waals surface area contributed by atoms with Crippen molar-refractivity contribution >= 4 is 5.78 Å². The Balaban J connectivity index is 2.25. The number of hydrogen-bond acceptors (Lipinski definition) is 2. The highest BCUT2D eigenvalue weighted by atomic mass is 19.3. The first kappa shape index (κ1) is 18.0. The maximum atomic E-state index is 13.0. The minimum atomic E-state index is -4.61. The van der Waals surface area contributed by atoms with E-state index in [0.717, 1.165) is 17.7 Å². The van der Waals surface area contributed by atoms with Crippen LogP contribution in [0.1, 0.15) is 35.2 Å². The van der Waals surface area contributed by atoms with Gasteiger partial charge < -0.3 is 4.74 Å². The molecular weight excluding hydrogens is 324 g/mol. The molecule has 0 saturated carbocycles. The van der Waals surface area contributed by atoms with E-state index in [2.05, 4.69) is 4.74 Å². The summed E-state index contributed by atoms with van der Waals surface area (Å²) in [5.41, 5.74) is 0.933. The van der Waals surface area contributed by atoms with Gasteiger partial charge in [0.25, 0.3) is 0 Å². The second-order valence-corrected chi connectivity index (χ2v) is 5.23. The molecule has 128 valence electrons. The number of ether oxygens (including phenoxy) is 1. The minimum Gasteiger partial charge on any atom is -0.428 e. The lowest BCUT2D eigenvalue weighted by Crippen LogP contribution is -2.33. The van der Waals surface area contributed by atoms with Crippen LogP contribution < -0.4 is 4.74 Å². The molecule has 0 aromatic heterocycles. The second kappa shape index (κ2) is 7.47. The fourth-order valence-electron chi connectivity index (χ4n) is 2.37. The summed E-state index contributed by atoms with van der Waals surface area (Å²) in [5, 5.41) is 0. The molecule has 0 fully saturated rings. The van der Waals surface area contributed by atoms with Gasteiger partial charge in [0.1, 0.15) is 5.75 Å². The van der Waals surface area contributed by atoms with E-state index in [0.29, 0.717) is 6.42 Å². The molecule has 0 bridgehead atoms. The largest absolute Gasteiger partial charge is 0.461 e. The predicted molar refractivity (Wildman–Crippen MR) is 81.8 cm³/mol. The van der Waals surface area contributed by atoms with Crippen molar-refractivity contribution < 1.29 is 27.1 Å². The molecule has 2 aromatic carbocycles. The summed E-state index contributed by atoms with van der Waals surface area (Å²) in [7, 11) is 0. The van der Waals surface area contributed by atoms with Gasteiger partial charge in [-0.25, -0.2) is 0 Å². The van der Waals surface area contributed by atoms with E-state index >= 15 is 0 Å². The van der Waals surface area contributed by atoms with Crippen molar-refractivity contribution in [2.45, 2.75) is 31.8 Å². The maximum Gasteiger partial charge on any atom is 0.461 e. The molecule has 1 atom stereocenters. The Bertz CT molecular complexity index is 686. The molecule has 2 nitrogen and oxygen atoms in total. The van der Waals surface area contributed by atoms with Crippen molar-refractivity contribution in [1.82, 2.24) is 0 Å². The van der Waals surface area contributed by atoms with Crippen LogP contribution in [0.3, 0.4) is 0 Å². The first-order valence-electron chi connectivity index (χ1n) is 7.39. The molecule has 0 saturated heterocycles. The van der Waals surface area contributed by atoms with Gasteiger partial charge in [0.15, 0.2) is 5.78 Å². The van der Waals surface area contributed by atoms with Crippen LogP contribution in [0.4, 0.5) is 17.6 Å².